The number of carbonyl (C=O) groups excluding carboxylic acids is 1. The Morgan fingerprint density at radius 3 is 2.52 bits per heavy atom. The predicted octanol–water partition coefficient (Wildman–Crippen LogP) is 4.78. The molecule has 2 aromatic carbocycles. The van der Waals surface area contributed by atoms with Crippen LogP contribution in [0.4, 0.5) is 6.01 Å². The summed E-state index contributed by atoms with van der Waals surface area (Å²) in [5.41, 5.74) is 2.56. The molecule has 0 aliphatic carbocycles. The van der Waals surface area contributed by atoms with E-state index in [0.717, 1.165) is 12.0 Å². The number of hydrogen-bond donors (Lipinski definition) is 1. The summed E-state index contributed by atoms with van der Waals surface area (Å²) in [6.07, 6.45) is 1.48. The third kappa shape index (κ3) is 4.38. The normalized spacial score (nSPS) is 10.7. The molecule has 0 fully saturated rings. The van der Waals surface area contributed by atoms with E-state index in [9.17, 15) is 4.79 Å². The highest BCUT2D eigenvalue weighted by Crippen LogP contribution is 2.22. The topological polar surface area (TPSA) is 68.0 Å². The summed E-state index contributed by atoms with van der Waals surface area (Å²) in [5, 5.41) is 11.0. The van der Waals surface area contributed by atoms with Gasteiger partial charge in [-0.05, 0) is 35.7 Å². The molecule has 0 aliphatic rings. The van der Waals surface area contributed by atoms with Gasteiger partial charge in [0.05, 0.1) is 17.0 Å². The number of benzene rings is 2. The molecular formula is C18H15Cl2N3O2. The van der Waals surface area contributed by atoms with Gasteiger partial charge in [0.2, 0.25) is 5.89 Å². The first-order chi connectivity index (χ1) is 12.0. The first kappa shape index (κ1) is 17.5. The molecule has 25 heavy (non-hydrogen) atoms. The van der Waals surface area contributed by atoms with Gasteiger partial charge in [-0.25, -0.2) is 0 Å². The summed E-state index contributed by atoms with van der Waals surface area (Å²) in [6, 6.07) is 12.8. The highest BCUT2D eigenvalue weighted by molar-refractivity contribution is 6.36. The van der Waals surface area contributed by atoms with Gasteiger partial charge in [0.1, 0.15) is 0 Å². The van der Waals surface area contributed by atoms with E-state index in [1.807, 2.05) is 12.1 Å². The van der Waals surface area contributed by atoms with E-state index in [-0.39, 0.29) is 16.6 Å². The summed E-state index contributed by atoms with van der Waals surface area (Å²) in [5.74, 6) is -0.0493. The number of aryl methyl sites for hydroxylation is 1. The molecule has 0 aliphatic heterocycles. The Labute approximate surface area is 155 Å². The Balaban J connectivity index is 1.68. The first-order valence-corrected chi connectivity index (χ1v) is 8.47. The van der Waals surface area contributed by atoms with Crippen LogP contribution in [0.2, 0.25) is 10.0 Å². The van der Waals surface area contributed by atoms with Crippen LogP contribution in [0.1, 0.15) is 34.3 Å². The van der Waals surface area contributed by atoms with Crippen molar-refractivity contribution in [3.63, 3.8) is 0 Å². The molecule has 1 aromatic heterocycles. The maximum Gasteiger partial charge on any atom is 0.322 e. The van der Waals surface area contributed by atoms with Crippen LogP contribution in [0.3, 0.4) is 0 Å². The second kappa shape index (κ2) is 7.68. The van der Waals surface area contributed by atoms with Crippen LogP contribution in [0, 0.1) is 0 Å². The number of nitrogens with zero attached hydrogens (tertiary/aromatic N) is 2. The minimum atomic E-state index is -0.463. The molecule has 0 atom stereocenters. The molecule has 0 spiro atoms. The number of halogens is 2. The SMILES string of the molecule is CCc1ccc(Cc2nnc(NC(=O)c3cc(Cl)ccc3Cl)o2)cc1. The van der Waals surface area contributed by atoms with Gasteiger partial charge in [0.25, 0.3) is 5.91 Å². The number of carbonyl (C=O) groups is 1. The van der Waals surface area contributed by atoms with Crippen molar-refractivity contribution in [2.75, 3.05) is 5.32 Å². The molecule has 0 bridgehead atoms. The standard InChI is InChI=1S/C18H15Cl2N3O2/c1-2-11-3-5-12(6-4-11)9-16-22-23-18(25-16)21-17(24)14-10-13(19)7-8-15(14)20/h3-8,10H,2,9H2,1H3,(H,21,23,24). The molecule has 1 heterocycles. The van der Waals surface area contributed by atoms with Crippen molar-refractivity contribution in [3.05, 3.63) is 75.1 Å². The zero-order chi connectivity index (χ0) is 17.8. The Morgan fingerprint density at radius 2 is 1.80 bits per heavy atom. The van der Waals surface area contributed by atoms with Crippen LogP contribution in [-0.2, 0) is 12.8 Å². The van der Waals surface area contributed by atoms with Crippen molar-refractivity contribution < 1.29 is 9.21 Å². The molecule has 0 saturated heterocycles. The smallest absolute Gasteiger partial charge is 0.322 e. The van der Waals surface area contributed by atoms with Crippen LogP contribution in [0.5, 0.6) is 0 Å². The maximum atomic E-state index is 12.2. The lowest BCUT2D eigenvalue weighted by Gasteiger charge is -2.03. The molecule has 0 unspecified atom stereocenters. The fourth-order valence-corrected chi connectivity index (χ4v) is 2.65. The van der Waals surface area contributed by atoms with Crippen LogP contribution < -0.4 is 5.32 Å². The third-order valence-corrected chi connectivity index (χ3v) is 4.21. The Hall–Kier alpha value is -2.37. The van der Waals surface area contributed by atoms with Crippen molar-refractivity contribution in [2.45, 2.75) is 19.8 Å². The van der Waals surface area contributed by atoms with Crippen molar-refractivity contribution >= 4 is 35.1 Å². The summed E-state index contributed by atoms with van der Waals surface area (Å²) in [4.78, 5) is 12.2. The Bertz CT molecular complexity index is 892. The molecular weight excluding hydrogens is 361 g/mol. The highest BCUT2D eigenvalue weighted by atomic mass is 35.5. The fraction of sp³-hybridized carbons (Fsp3) is 0.167. The van der Waals surface area contributed by atoms with E-state index in [0.29, 0.717) is 17.3 Å². The number of aromatic nitrogens is 2. The van der Waals surface area contributed by atoms with Gasteiger partial charge < -0.3 is 4.42 Å². The fourth-order valence-electron chi connectivity index (χ4n) is 2.28. The molecule has 5 nitrogen and oxygen atoms in total. The van der Waals surface area contributed by atoms with E-state index >= 15 is 0 Å². The van der Waals surface area contributed by atoms with Crippen LogP contribution in [-0.4, -0.2) is 16.1 Å². The summed E-state index contributed by atoms with van der Waals surface area (Å²) >= 11 is 11.9. The lowest BCUT2D eigenvalue weighted by molar-refractivity contribution is 0.102. The van der Waals surface area contributed by atoms with Gasteiger partial charge in [-0.1, -0.05) is 59.5 Å². The van der Waals surface area contributed by atoms with Gasteiger partial charge in [-0.3, -0.25) is 10.1 Å². The van der Waals surface area contributed by atoms with E-state index in [2.05, 4.69) is 34.6 Å². The minimum Gasteiger partial charge on any atom is -0.407 e. The van der Waals surface area contributed by atoms with E-state index in [4.69, 9.17) is 27.6 Å². The van der Waals surface area contributed by atoms with Gasteiger partial charge in [0.15, 0.2) is 0 Å². The second-order valence-corrected chi connectivity index (χ2v) is 6.27. The predicted molar refractivity (Wildman–Crippen MR) is 97.3 cm³/mol. The van der Waals surface area contributed by atoms with E-state index < -0.39 is 5.91 Å². The summed E-state index contributed by atoms with van der Waals surface area (Å²) in [6.45, 7) is 2.11. The number of nitrogens with one attached hydrogen (secondary N) is 1. The number of anilines is 1. The second-order valence-electron chi connectivity index (χ2n) is 5.43. The molecule has 7 heteroatoms. The van der Waals surface area contributed by atoms with Crippen molar-refractivity contribution in [3.8, 4) is 0 Å². The van der Waals surface area contributed by atoms with Crippen molar-refractivity contribution in [1.82, 2.24) is 10.2 Å². The molecule has 0 saturated carbocycles. The van der Waals surface area contributed by atoms with Gasteiger partial charge in [-0.15, -0.1) is 5.10 Å². The van der Waals surface area contributed by atoms with Crippen molar-refractivity contribution in [2.24, 2.45) is 0 Å². The van der Waals surface area contributed by atoms with Crippen LogP contribution in [0.25, 0.3) is 0 Å². The average Bonchev–Trinajstić information content (AvgIpc) is 3.04. The maximum absolute atomic E-state index is 12.2. The molecule has 3 aromatic rings. The quantitative estimate of drug-likeness (QED) is 0.696. The first-order valence-electron chi connectivity index (χ1n) is 7.71. The Kier molecular flexibility index (Phi) is 5.36. The highest BCUT2D eigenvalue weighted by Gasteiger charge is 2.15. The Morgan fingerprint density at radius 1 is 1.08 bits per heavy atom. The molecule has 128 valence electrons. The third-order valence-electron chi connectivity index (χ3n) is 3.65. The molecule has 1 N–H and O–H groups in total. The zero-order valence-corrected chi connectivity index (χ0v) is 14.9. The summed E-state index contributed by atoms with van der Waals surface area (Å²) < 4.78 is 5.48. The van der Waals surface area contributed by atoms with Crippen LogP contribution >= 0.6 is 23.2 Å². The monoisotopic (exact) mass is 375 g/mol. The number of hydrogen-bond acceptors (Lipinski definition) is 4. The number of amides is 1. The number of rotatable bonds is 5. The van der Waals surface area contributed by atoms with Gasteiger partial charge in [-0.2, -0.15) is 0 Å². The van der Waals surface area contributed by atoms with E-state index in [1.165, 1.54) is 11.6 Å². The largest absolute Gasteiger partial charge is 0.407 e. The summed E-state index contributed by atoms with van der Waals surface area (Å²) in [7, 11) is 0. The van der Waals surface area contributed by atoms with Crippen LogP contribution in [0.15, 0.2) is 46.9 Å². The molecule has 0 radical (unpaired) electrons. The molecule has 3 rings (SSSR count). The minimum absolute atomic E-state index is 0.0150. The van der Waals surface area contributed by atoms with Gasteiger partial charge >= 0.3 is 6.01 Å². The van der Waals surface area contributed by atoms with Crippen molar-refractivity contribution in [1.29, 1.82) is 0 Å². The lowest BCUT2D eigenvalue weighted by Crippen LogP contribution is -2.12. The van der Waals surface area contributed by atoms with Gasteiger partial charge in [0, 0.05) is 5.02 Å². The lowest BCUT2D eigenvalue weighted by atomic mass is 10.1. The molecule has 1 amide bonds. The van der Waals surface area contributed by atoms with E-state index in [1.54, 1.807) is 12.1 Å². The zero-order valence-electron chi connectivity index (χ0n) is 13.4. The average molecular weight is 376 g/mol.